The third-order valence-electron chi connectivity index (χ3n) is 6.02. The van der Waals surface area contributed by atoms with Gasteiger partial charge in [0.25, 0.3) is 0 Å². The first kappa shape index (κ1) is 19.2. The average Bonchev–Trinajstić information content (AvgIpc) is 3.23. The zero-order valence-corrected chi connectivity index (χ0v) is 17.6. The van der Waals surface area contributed by atoms with E-state index in [9.17, 15) is 0 Å². The normalized spacial score (nSPS) is 16.5. The van der Waals surface area contributed by atoms with E-state index in [1.54, 1.807) is 0 Å². The lowest BCUT2D eigenvalue weighted by Gasteiger charge is -2.31. The minimum atomic E-state index is 0.520. The van der Waals surface area contributed by atoms with E-state index in [1.165, 1.54) is 22.4 Å². The molecular formula is C22H32N6. The second-order valence-electron chi connectivity index (χ2n) is 8.26. The van der Waals surface area contributed by atoms with Gasteiger partial charge in [-0.15, -0.1) is 10.2 Å². The van der Waals surface area contributed by atoms with Crippen molar-refractivity contribution >= 4 is 10.9 Å². The fourth-order valence-corrected chi connectivity index (χ4v) is 4.47. The van der Waals surface area contributed by atoms with Crippen molar-refractivity contribution in [1.29, 1.82) is 0 Å². The smallest absolute Gasteiger partial charge is 0.147 e. The first-order valence-electron chi connectivity index (χ1n) is 10.4. The molecule has 0 atom stereocenters. The van der Waals surface area contributed by atoms with Crippen LogP contribution in [-0.4, -0.2) is 56.3 Å². The Hall–Kier alpha value is -2.18. The maximum Gasteiger partial charge on any atom is 0.147 e. The molecule has 0 aliphatic carbocycles. The number of fused-ring (bicyclic) bond motifs is 1. The fraction of sp³-hybridized carbons (Fsp3) is 0.545. The second-order valence-corrected chi connectivity index (χ2v) is 8.26. The molecule has 1 saturated heterocycles. The van der Waals surface area contributed by atoms with Crippen molar-refractivity contribution in [2.24, 2.45) is 7.05 Å². The molecule has 0 spiro atoms. The Bertz CT molecular complexity index is 930. The first-order valence-corrected chi connectivity index (χ1v) is 10.4. The molecule has 1 aliphatic heterocycles. The van der Waals surface area contributed by atoms with Gasteiger partial charge in [0.2, 0.25) is 0 Å². The molecule has 1 aliphatic rings. The average molecular weight is 381 g/mol. The van der Waals surface area contributed by atoms with E-state index < -0.39 is 0 Å². The molecule has 28 heavy (non-hydrogen) atoms. The fourth-order valence-electron chi connectivity index (χ4n) is 4.47. The van der Waals surface area contributed by atoms with Crippen LogP contribution in [0.15, 0.2) is 30.3 Å². The Labute approximate surface area is 167 Å². The molecule has 0 N–H and O–H groups in total. The van der Waals surface area contributed by atoms with Crippen LogP contribution in [0.4, 0.5) is 0 Å². The Morgan fingerprint density at radius 3 is 2.54 bits per heavy atom. The van der Waals surface area contributed by atoms with Gasteiger partial charge in [-0.1, -0.05) is 18.2 Å². The summed E-state index contributed by atoms with van der Waals surface area (Å²) in [5, 5.41) is 10.4. The Morgan fingerprint density at radius 1 is 1.11 bits per heavy atom. The highest BCUT2D eigenvalue weighted by Crippen LogP contribution is 2.29. The summed E-state index contributed by atoms with van der Waals surface area (Å²) in [5.41, 5.74) is 2.71. The summed E-state index contributed by atoms with van der Waals surface area (Å²) < 4.78 is 4.66. The Morgan fingerprint density at radius 2 is 1.86 bits per heavy atom. The molecular weight excluding hydrogens is 348 g/mol. The zero-order valence-electron chi connectivity index (χ0n) is 17.6. The number of piperidine rings is 1. The van der Waals surface area contributed by atoms with E-state index in [1.807, 2.05) is 0 Å². The summed E-state index contributed by atoms with van der Waals surface area (Å²) in [6.07, 6.45) is 2.31. The molecule has 6 heteroatoms. The summed E-state index contributed by atoms with van der Waals surface area (Å²) in [6.45, 7) is 7.24. The molecule has 1 aromatic carbocycles. The van der Waals surface area contributed by atoms with Crippen molar-refractivity contribution in [1.82, 2.24) is 29.1 Å². The number of rotatable bonds is 6. The molecule has 0 saturated carbocycles. The predicted octanol–water partition coefficient (Wildman–Crippen LogP) is 3.23. The zero-order chi connectivity index (χ0) is 19.7. The maximum atomic E-state index is 4.58. The standard InChI is InChI=1S/C22H32N6/c1-5-28-21(16-25(2)3)23-24-22(28)17-10-12-27(13-11-17)15-19-14-18-8-6-7-9-20(18)26(19)4/h6-9,14,17H,5,10-13,15-16H2,1-4H3. The van der Waals surface area contributed by atoms with E-state index in [-0.39, 0.29) is 0 Å². The third kappa shape index (κ3) is 3.71. The molecule has 0 bridgehead atoms. The SMILES string of the molecule is CCn1c(CN(C)C)nnc1C1CCN(Cc2cc3ccccc3n2C)CC1. The van der Waals surface area contributed by atoms with Crippen molar-refractivity contribution in [2.45, 2.75) is 45.3 Å². The molecule has 3 heterocycles. The summed E-state index contributed by atoms with van der Waals surface area (Å²) in [6, 6.07) is 11.0. The highest BCUT2D eigenvalue weighted by atomic mass is 15.3. The number of aromatic nitrogens is 4. The van der Waals surface area contributed by atoms with Gasteiger partial charge >= 0.3 is 0 Å². The summed E-state index contributed by atoms with van der Waals surface area (Å²) in [7, 11) is 6.35. The number of nitrogens with zero attached hydrogens (tertiary/aromatic N) is 6. The molecule has 2 aromatic heterocycles. The topological polar surface area (TPSA) is 42.1 Å². The highest BCUT2D eigenvalue weighted by molar-refractivity contribution is 5.81. The number of likely N-dealkylation sites (tertiary alicyclic amines) is 1. The van der Waals surface area contributed by atoms with E-state index in [2.05, 4.69) is 87.5 Å². The number of hydrogen-bond donors (Lipinski definition) is 0. The van der Waals surface area contributed by atoms with Crippen LogP contribution in [0, 0.1) is 0 Å². The van der Waals surface area contributed by atoms with Crippen molar-refractivity contribution in [3.05, 3.63) is 47.7 Å². The number of benzene rings is 1. The Balaban J connectivity index is 1.42. The second kappa shape index (κ2) is 8.05. The van der Waals surface area contributed by atoms with E-state index >= 15 is 0 Å². The van der Waals surface area contributed by atoms with Gasteiger partial charge in [-0.05, 0) is 64.5 Å². The van der Waals surface area contributed by atoms with Crippen LogP contribution in [0.3, 0.4) is 0 Å². The lowest BCUT2D eigenvalue weighted by Crippen LogP contribution is -2.34. The van der Waals surface area contributed by atoms with Crippen molar-refractivity contribution in [2.75, 3.05) is 27.2 Å². The molecule has 3 aromatic rings. The lowest BCUT2D eigenvalue weighted by molar-refractivity contribution is 0.196. The van der Waals surface area contributed by atoms with Gasteiger partial charge in [0.05, 0.1) is 6.54 Å². The van der Waals surface area contributed by atoms with Crippen molar-refractivity contribution < 1.29 is 0 Å². The summed E-state index contributed by atoms with van der Waals surface area (Å²) >= 11 is 0. The van der Waals surface area contributed by atoms with Gasteiger partial charge < -0.3 is 14.0 Å². The predicted molar refractivity (Wildman–Crippen MR) is 113 cm³/mol. The van der Waals surface area contributed by atoms with Crippen LogP contribution < -0.4 is 0 Å². The third-order valence-corrected chi connectivity index (χ3v) is 6.02. The van der Waals surface area contributed by atoms with Crippen LogP contribution in [0.2, 0.25) is 0 Å². The number of aryl methyl sites for hydroxylation is 1. The quantitative estimate of drug-likeness (QED) is 0.658. The Kier molecular flexibility index (Phi) is 5.51. The van der Waals surface area contributed by atoms with Crippen LogP contribution in [0.1, 0.15) is 43.0 Å². The minimum Gasteiger partial charge on any atom is -0.346 e. The van der Waals surface area contributed by atoms with Crippen LogP contribution in [0.25, 0.3) is 10.9 Å². The molecule has 6 nitrogen and oxygen atoms in total. The molecule has 1 fully saturated rings. The lowest BCUT2D eigenvalue weighted by atomic mass is 9.95. The molecule has 150 valence electrons. The van der Waals surface area contributed by atoms with Gasteiger partial charge in [-0.3, -0.25) is 4.90 Å². The molecule has 4 rings (SSSR count). The largest absolute Gasteiger partial charge is 0.346 e. The van der Waals surface area contributed by atoms with E-state index in [0.717, 1.165) is 51.4 Å². The monoisotopic (exact) mass is 380 g/mol. The number of hydrogen-bond acceptors (Lipinski definition) is 4. The van der Waals surface area contributed by atoms with Crippen LogP contribution in [-0.2, 0) is 26.7 Å². The molecule has 0 amide bonds. The summed E-state index contributed by atoms with van der Waals surface area (Å²) in [4.78, 5) is 4.74. The number of para-hydroxylation sites is 1. The van der Waals surface area contributed by atoms with E-state index in [4.69, 9.17) is 0 Å². The van der Waals surface area contributed by atoms with Gasteiger partial charge in [0.1, 0.15) is 11.6 Å². The van der Waals surface area contributed by atoms with Crippen molar-refractivity contribution in [3.63, 3.8) is 0 Å². The first-order chi connectivity index (χ1) is 13.6. The van der Waals surface area contributed by atoms with Gasteiger partial charge in [-0.25, -0.2) is 0 Å². The van der Waals surface area contributed by atoms with Gasteiger partial charge in [-0.2, -0.15) is 0 Å². The molecule has 0 radical (unpaired) electrons. The van der Waals surface area contributed by atoms with Gasteiger partial charge in [0.15, 0.2) is 0 Å². The summed E-state index contributed by atoms with van der Waals surface area (Å²) in [5.74, 6) is 2.79. The maximum absolute atomic E-state index is 4.58. The molecule has 0 unspecified atom stereocenters. The van der Waals surface area contributed by atoms with Crippen molar-refractivity contribution in [3.8, 4) is 0 Å². The van der Waals surface area contributed by atoms with Crippen LogP contribution >= 0.6 is 0 Å². The minimum absolute atomic E-state index is 0.520. The van der Waals surface area contributed by atoms with Crippen LogP contribution in [0.5, 0.6) is 0 Å². The highest BCUT2D eigenvalue weighted by Gasteiger charge is 2.26. The van der Waals surface area contributed by atoms with Gasteiger partial charge in [0, 0.05) is 37.3 Å². The van der Waals surface area contributed by atoms with E-state index in [0.29, 0.717) is 5.92 Å².